The second kappa shape index (κ2) is 10.7. The van der Waals surface area contributed by atoms with Crippen molar-refractivity contribution in [2.24, 2.45) is 0 Å². The molecule has 0 aromatic heterocycles. The Labute approximate surface area is 189 Å². The van der Waals surface area contributed by atoms with Crippen LogP contribution in [0, 0.1) is 0 Å². The maximum Gasteiger partial charge on any atom is 0.416 e. The summed E-state index contributed by atoms with van der Waals surface area (Å²) in [6.07, 6.45) is 3.02. The van der Waals surface area contributed by atoms with E-state index in [1.807, 2.05) is 0 Å². The summed E-state index contributed by atoms with van der Waals surface area (Å²) >= 11 is 0. The van der Waals surface area contributed by atoms with Gasteiger partial charge in [0.25, 0.3) is 0 Å². The van der Waals surface area contributed by atoms with E-state index in [1.165, 1.54) is 50.3 Å². The quantitative estimate of drug-likeness (QED) is 0.451. The summed E-state index contributed by atoms with van der Waals surface area (Å²) < 4.78 is 46.4. The van der Waals surface area contributed by atoms with E-state index in [9.17, 15) is 18.3 Å². The highest BCUT2D eigenvalue weighted by atomic mass is 19.4. The van der Waals surface area contributed by atoms with Gasteiger partial charge in [0, 0.05) is 18.2 Å². The Kier molecular flexibility index (Phi) is 8.23. The van der Waals surface area contributed by atoms with Gasteiger partial charge in [-0.15, -0.1) is 0 Å². The Hall–Kier alpha value is -2.05. The summed E-state index contributed by atoms with van der Waals surface area (Å²) in [4.78, 5) is 2.42. The van der Waals surface area contributed by atoms with Crippen molar-refractivity contribution in [2.45, 2.75) is 69.7 Å². The zero-order valence-electron chi connectivity index (χ0n) is 19.0. The van der Waals surface area contributed by atoms with Gasteiger partial charge in [-0.3, -0.25) is 0 Å². The number of nitrogens with zero attached hydrogens (tertiary/aromatic N) is 1. The summed E-state index contributed by atoms with van der Waals surface area (Å²) in [5.41, 5.74) is -2.25. The third kappa shape index (κ3) is 5.84. The number of hydrogen-bond donors (Lipinski definition) is 1. The molecule has 1 aliphatic rings. The molecule has 0 amide bonds. The first-order chi connectivity index (χ1) is 15.3. The first-order valence-corrected chi connectivity index (χ1v) is 11.6. The Balaban J connectivity index is 1.62. The smallest absolute Gasteiger partial charge is 0.416 e. The SMILES string of the molecule is CCC(O)(c1ccc(OCCCN(C)C2CCCCC2)cc1)c1ccccc1C(F)(F)F. The molecule has 0 heterocycles. The first kappa shape index (κ1) is 24.6. The maximum absolute atomic E-state index is 13.5. The van der Waals surface area contributed by atoms with Crippen molar-refractivity contribution in [1.29, 1.82) is 0 Å². The summed E-state index contributed by atoms with van der Waals surface area (Å²) in [7, 11) is 2.18. The van der Waals surface area contributed by atoms with E-state index < -0.39 is 17.3 Å². The molecule has 2 aromatic carbocycles. The lowest BCUT2D eigenvalue weighted by atomic mass is 9.81. The summed E-state index contributed by atoms with van der Waals surface area (Å²) in [5, 5.41) is 11.3. The van der Waals surface area contributed by atoms with Crippen LogP contribution in [0.15, 0.2) is 48.5 Å². The van der Waals surface area contributed by atoms with E-state index in [1.54, 1.807) is 31.2 Å². The minimum Gasteiger partial charge on any atom is -0.494 e. The Morgan fingerprint density at radius 2 is 1.59 bits per heavy atom. The molecule has 3 rings (SSSR count). The molecule has 0 bridgehead atoms. The summed E-state index contributed by atoms with van der Waals surface area (Å²) in [5.74, 6) is 0.650. The average molecular weight is 450 g/mol. The lowest BCUT2D eigenvalue weighted by molar-refractivity contribution is -0.140. The molecule has 6 heteroatoms. The fraction of sp³-hybridized carbons (Fsp3) is 0.538. The molecule has 32 heavy (non-hydrogen) atoms. The fourth-order valence-corrected chi connectivity index (χ4v) is 4.68. The van der Waals surface area contributed by atoms with Crippen LogP contribution in [0.1, 0.15) is 68.6 Å². The molecule has 1 unspecified atom stereocenters. The zero-order valence-corrected chi connectivity index (χ0v) is 19.0. The van der Waals surface area contributed by atoms with E-state index in [0.29, 0.717) is 24.0 Å². The second-order valence-electron chi connectivity index (χ2n) is 8.76. The van der Waals surface area contributed by atoms with Crippen LogP contribution in [0.3, 0.4) is 0 Å². The molecule has 0 aliphatic heterocycles. The Bertz CT molecular complexity index is 847. The molecule has 1 N–H and O–H groups in total. The van der Waals surface area contributed by atoms with Gasteiger partial charge in [0.1, 0.15) is 11.4 Å². The van der Waals surface area contributed by atoms with Crippen molar-refractivity contribution in [3.05, 3.63) is 65.2 Å². The molecule has 0 saturated heterocycles. The van der Waals surface area contributed by atoms with Crippen molar-refractivity contribution >= 4 is 0 Å². The van der Waals surface area contributed by atoms with Crippen LogP contribution < -0.4 is 4.74 Å². The first-order valence-electron chi connectivity index (χ1n) is 11.6. The van der Waals surface area contributed by atoms with Crippen molar-refractivity contribution in [2.75, 3.05) is 20.2 Å². The molecule has 0 spiro atoms. The number of ether oxygens (including phenoxy) is 1. The van der Waals surface area contributed by atoms with Crippen molar-refractivity contribution in [1.82, 2.24) is 4.90 Å². The largest absolute Gasteiger partial charge is 0.494 e. The van der Waals surface area contributed by atoms with Crippen LogP contribution in [0.4, 0.5) is 13.2 Å². The van der Waals surface area contributed by atoms with E-state index in [2.05, 4.69) is 11.9 Å². The van der Waals surface area contributed by atoms with Crippen LogP contribution in [0.2, 0.25) is 0 Å². The van der Waals surface area contributed by atoms with Gasteiger partial charge in [-0.05, 0) is 56.5 Å². The van der Waals surface area contributed by atoms with Crippen LogP contribution in [0.25, 0.3) is 0 Å². The lowest BCUT2D eigenvalue weighted by Crippen LogP contribution is -2.34. The standard InChI is InChI=1S/C26H34F3NO2/c1-3-25(31,23-12-7-8-13-24(23)26(27,28)29)20-14-16-22(17-15-20)32-19-9-18-30(2)21-10-5-4-6-11-21/h7-8,12-17,21,31H,3-6,9-11,18-19H2,1-2H3. The van der Waals surface area contributed by atoms with E-state index in [-0.39, 0.29) is 12.0 Å². The number of hydrogen-bond acceptors (Lipinski definition) is 3. The minimum atomic E-state index is -4.53. The van der Waals surface area contributed by atoms with Gasteiger partial charge in [-0.1, -0.05) is 56.5 Å². The van der Waals surface area contributed by atoms with Gasteiger partial charge < -0.3 is 14.7 Å². The molecule has 176 valence electrons. The number of aliphatic hydroxyl groups is 1. The van der Waals surface area contributed by atoms with Gasteiger partial charge >= 0.3 is 6.18 Å². The van der Waals surface area contributed by atoms with Crippen molar-refractivity contribution < 1.29 is 23.0 Å². The van der Waals surface area contributed by atoms with Gasteiger partial charge in [0.05, 0.1) is 12.2 Å². The maximum atomic E-state index is 13.5. The van der Waals surface area contributed by atoms with Gasteiger partial charge in [-0.2, -0.15) is 13.2 Å². The molecule has 2 aromatic rings. The second-order valence-corrected chi connectivity index (χ2v) is 8.76. The van der Waals surface area contributed by atoms with Crippen molar-refractivity contribution in [3.8, 4) is 5.75 Å². The molecule has 1 saturated carbocycles. The third-order valence-electron chi connectivity index (χ3n) is 6.64. The minimum absolute atomic E-state index is 0.119. The Morgan fingerprint density at radius 1 is 0.969 bits per heavy atom. The fourth-order valence-electron chi connectivity index (χ4n) is 4.68. The summed E-state index contributed by atoms with van der Waals surface area (Å²) in [6.45, 7) is 3.23. The normalized spacial score (nSPS) is 17.3. The Morgan fingerprint density at radius 3 is 2.19 bits per heavy atom. The van der Waals surface area contributed by atoms with Gasteiger partial charge in [-0.25, -0.2) is 0 Å². The third-order valence-corrected chi connectivity index (χ3v) is 6.64. The van der Waals surface area contributed by atoms with Crippen LogP contribution in [-0.4, -0.2) is 36.2 Å². The van der Waals surface area contributed by atoms with Crippen molar-refractivity contribution in [3.63, 3.8) is 0 Å². The molecular formula is C26H34F3NO2. The highest BCUT2D eigenvalue weighted by Gasteiger charge is 2.40. The molecule has 3 nitrogen and oxygen atoms in total. The van der Waals surface area contributed by atoms with E-state index in [4.69, 9.17) is 4.74 Å². The number of rotatable bonds is 9. The molecular weight excluding hydrogens is 415 g/mol. The molecule has 0 radical (unpaired) electrons. The molecule has 1 fully saturated rings. The van der Waals surface area contributed by atoms with Crippen LogP contribution in [-0.2, 0) is 11.8 Å². The molecule has 1 aliphatic carbocycles. The van der Waals surface area contributed by atoms with Gasteiger partial charge in [0.2, 0.25) is 0 Å². The van der Waals surface area contributed by atoms with Crippen LogP contribution in [0.5, 0.6) is 5.75 Å². The van der Waals surface area contributed by atoms with Crippen LogP contribution >= 0.6 is 0 Å². The number of halogens is 3. The number of alkyl halides is 3. The van der Waals surface area contributed by atoms with Gasteiger partial charge in [0.15, 0.2) is 0 Å². The van der Waals surface area contributed by atoms with E-state index in [0.717, 1.165) is 19.0 Å². The highest BCUT2D eigenvalue weighted by Crippen LogP contribution is 2.41. The monoisotopic (exact) mass is 449 g/mol. The lowest BCUT2D eigenvalue weighted by Gasteiger charge is -2.31. The predicted molar refractivity (Wildman–Crippen MR) is 121 cm³/mol. The number of benzene rings is 2. The average Bonchev–Trinajstić information content (AvgIpc) is 2.81. The topological polar surface area (TPSA) is 32.7 Å². The molecule has 1 atom stereocenters. The predicted octanol–water partition coefficient (Wildman–Crippen LogP) is 6.38. The highest BCUT2D eigenvalue weighted by molar-refractivity contribution is 5.43. The summed E-state index contributed by atoms with van der Waals surface area (Å²) in [6, 6.07) is 12.6. The zero-order chi connectivity index (χ0) is 23.2. The van der Waals surface area contributed by atoms with E-state index >= 15 is 0 Å².